The van der Waals surface area contributed by atoms with E-state index in [1.54, 1.807) is 6.92 Å². The number of halogens is 2. The first kappa shape index (κ1) is 17.2. The summed E-state index contributed by atoms with van der Waals surface area (Å²) >= 11 is 0. The molecule has 1 unspecified atom stereocenters. The highest BCUT2D eigenvalue weighted by Gasteiger charge is 2.22. The van der Waals surface area contributed by atoms with Crippen molar-refractivity contribution in [2.45, 2.75) is 19.4 Å². The predicted octanol–water partition coefficient (Wildman–Crippen LogP) is 3.25. The molecule has 6 heteroatoms. The lowest BCUT2D eigenvalue weighted by molar-refractivity contribution is -0.129. The maximum atomic E-state index is 13.8. The molecule has 1 aliphatic rings. The molecule has 2 aromatic carbocycles. The van der Waals surface area contributed by atoms with Crippen molar-refractivity contribution in [3.05, 3.63) is 71.3 Å². The van der Waals surface area contributed by atoms with E-state index in [0.29, 0.717) is 18.5 Å². The summed E-state index contributed by atoms with van der Waals surface area (Å²) in [5, 5.41) is 8.78. The maximum Gasteiger partial charge on any atom is 0.256 e. The lowest BCUT2D eigenvalue weighted by Gasteiger charge is -2.17. The molecule has 0 radical (unpaired) electrons. The molecule has 0 aromatic heterocycles. The Morgan fingerprint density at radius 1 is 1.24 bits per heavy atom. The molecular weight excluding hydrogens is 324 g/mol. The van der Waals surface area contributed by atoms with Crippen LogP contribution in [0.5, 0.6) is 0 Å². The molecule has 0 spiro atoms. The van der Waals surface area contributed by atoms with Gasteiger partial charge in [0, 0.05) is 24.1 Å². The Hall–Kier alpha value is -2.60. The fourth-order valence-electron chi connectivity index (χ4n) is 2.76. The van der Waals surface area contributed by atoms with Crippen molar-refractivity contribution in [2.75, 3.05) is 13.1 Å². The smallest absolute Gasteiger partial charge is 0.256 e. The van der Waals surface area contributed by atoms with Crippen molar-refractivity contribution in [3.8, 4) is 0 Å². The maximum absolute atomic E-state index is 13.8. The number of carbonyl (C=O) groups is 1. The Kier molecular flexibility index (Phi) is 5.19. The monoisotopic (exact) mass is 343 g/mol. The SMILES string of the molecule is CC(NCC(=O)N1CCC(c2ccccc2)=N1)c1ccc(F)cc1F. The van der Waals surface area contributed by atoms with Gasteiger partial charge in [0.05, 0.1) is 18.8 Å². The van der Waals surface area contributed by atoms with Gasteiger partial charge in [-0.05, 0) is 18.6 Å². The van der Waals surface area contributed by atoms with Crippen LogP contribution in [0, 0.1) is 11.6 Å². The molecule has 1 heterocycles. The van der Waals surface area contributed by atoms with E-state index in [9.17, 15) is 13.6 Å². The van der Waals surface area contributed by atoms with E-state index < -0.39 is 17.7 Å². The van der Waals surface area contributed by atoms with Crippen LogP contribution in [-0.4, -0.2) is 29.7 Å². The number of rotatable bonds is 5. The number of amides is 1. The van der Waals surface area contributed by atoms with Gasteiger partial charge in [-0.2, -0.15) is 5.10 Å². The highest BCUT2D eigenvalue weighted by atomic mass is 19.1. The van der Waals surface area contributed by atoms with Crippen molar-refractivity contribution < 1.29 is 13.6 Å². The van der Waals surface area contributed by atoms with Gasteiger partial charge in [-0.3, -0.25) is 4.79 Å². The second-order valence-corrected chi connectivity index (χ2v) is 5.95. The van der Waals surface area contributed by atoms with E-state index in [4.69, 9.17) is 0 Å². The van der Waals surface area contributed by atoms with Crippen molar-refractivity contribution in [2.24, 2.45) is 5.10 Å². The van der Waals surface area contributed by atoms with E-state index in [1.165, 1.54) is 17.1 Å². The Balaban J connectivity index is 1.59. The lowest BCUT2D eigenvalue weighted by Crippen LogP contribution is -2.35. The van der Waals surface area contributed by atoms with Gasteiger partial charge >= 0.3 is 0 Å². The number of hydrazone groups is 1. The van der Waals surface area contributed by atoms with Crippen LogP contribution in [0.3, 0.4) is 0 Å². The molecule has 0 saturated carbocycles. The van der Waals surface area contributed by atoms with Gasteiger partial charge in [0.25, 0.3) is 5.91 Å². The predicted molar refractivity (Wildman–Crippen MR) is 92.1 cm³/mol. The Labute approximate surface area is 145 Å². The summed E-state index contributed by atoms with van der Waals surface area (Å²) in [6.45, 7) is 2.29. The first-order valence-electron chi connectivity index (χ1n) is 8.16. The van der Waals surface area contributed by atoms with Crippen molar-refractivity contribution >= 4 is 11.6 Å². The summed E-state index contributed by atoms with van der Waals surface area (Å²) in [5.41, 5.74) is 2.21. The molecule has 1 atom stereocenters. The third kappa shape index (κ3) is 4.09. The molecular formula is C19H19F2N3O. The summed E-state index contributed by atoms with van der Waals surface area (Å²) in [6, 6.07) is 12.7. The first-order valence-corrected chi connectivity index (χ1v) is 8.16. The number of carbonyl (C=O) groups excluding carboxylic acids is 1. The van der Waals surface area contributed by atoms with Gasteiger partial charge < -0.3 is 5.32 Å². The quantitative estimate of drug-likeness (QED) is 0.906. The molecule has 0 aliphatic carbocycles. The molecule has 25 heavy (non-hydrogen) atoms. The summed E-state index contributed by atoms with van der Waals surface area (Å²) in [4.78, 5) is 12.3. The van der Waals surface area contributed by atoms with Crippen molar-refractivity contribution in [1.82, 2.24) is 10.3 Å². The number of benzene rings is 2. The van der Waals surface area contributed by atoms with Crippen molar-refractivity contribution in [3.63, 3.8) is 0 Å². The van der Waals surface area contributed by atoms with Crippen LogP contribution in [-0.2, 0) is 4.79 Å². The van der Waals surface area contributed by atoms with Gasteiger partial charge in [0.2, 0.25) is 0 Å². The lowest BCUT2D eigenvalue weighted by atomic mass is 10.1. The van der Waals surface area contributed by atoms with Crippen LogP contribution in [0.2, 0.25) is 0 Å². The fraction of sp³-hybridized carbons (Fsp3) is 0.263. The van der Waals surface area contributed by atoms with Crippen LogP contribution in [0.25, 0.3) is 0 Å². The molecule has 3 rings (SSSR count). The van der Waals surface area contributed by atoms with Crippen molar-refractivity contribution in [1.29, 1.82) is 0 Å². The highest BCUT2D eigenvalue weighted by Crippen LogP contribution is 2.18. The standard InChI is InChI=1S/C19H19F2N3O/c1-13(16-8-7-15(20)11-17(16)21)22-12-19(25)24-10-9-18(23-24)14-5-3-2-4-6-14/h2-8,11,13,22H,9-10,12H2,1H3. The molecule has 1 N–H and O–H groups in total. The average molecular weight is 343 g/mol. The van der Waals surface area contributed by atoms with Crippen LogP contribution < -0.4 is 5.32 Å². The molecule has 4 nitrogen and oxygen atoms in total. The Bertz CT molecular complexity index is 793. The molecule has 1 amide bonds. The van der Waals surface area contributed by atoms with E-state index >= 15 is 0 Å². The normalized spacial score (nSPS) is 15.2. The Morgan fingerprint density at radius 2 is 2.00 bits per heavy atom. The zero-order valence-electron chi connectivity index (χ0n) is 13.9. The third-order valence-electron chi connectivity index (χ3n) is 4.19. The number of nitrogens with one attached hydrogen (secondary N) is 1. The minimum absolute atomic E-state index is 0.0313. The summed E-state index contributed by atoms with van der Waals surface area (Å²) in [5.74, 6) is -1.43. The third-order valence-corrected chi connectivity index (χ3v) is 4.19. The fourth-order valence-corrected chi connectivity index (χ4v) is 2.76. The second-order valence-electron chi connectivity index (χ2n) is 5.95. The van der Waals surface area contributed by atoms with E-state index in [2.05, 4.69) is 10.4 Å². The van der Waals surface area contributed by atoms with Crippen LogP contribution in [0.4, 0.5) is 8.78 Å². The van der Waals surface area contributed by atoms with Gasteiger partial charge in [-0.15, -0.1) is 0 Å². The molecule has 0 fully saturated rings. The minimum Gasteiger partial charge on any atom is -0.302 e. The zero-order valence-corrected chi connectivity index (χ0v) is 13.9. The molecule has 130 valence electrons. The highest BCUT2D eigenvalue weighted by molar-refractivity contribution is 6.02. The van der Waals surface area contributed by atoms with Gasteiger partial charge in [0.1, 0.15) is 11.6 Å². The summed E-state index contributed by atoms with van der Waals surface area (Å²) in [6.07, 6.45) is 0.706. The molecule has 0 bridgehead atoms. The van der Waals surface area contributed by atoms with Gasteiger partial charge in [0.15, 0.2) is 0 Å². The van der Waals surface area contributed by atoms with Crippen LogP contribution in [0.1, 0.15) is 30.5 Å². The van der Waals surface area contributed by atoms with Crippen LogP contribution >= 0.6 is 0 Å². The largest absolute Gasteiger partial charge is 0.302 e. The average Bonchev–Trinajstić information content (AvgIpc) is 3.10. The summed E-state index contributed by atoms with van der Waals surface area (Å²) in [7, 11) is 0. The second kappa shape index (κ2) is 7.53. The van der Waals surface area contributed by atoms with E-state index in [-0.39, 0.29) is 12.5 Å². The molecule has 1 aliphatic heterocycles. The number of nitrogens with zero attached hydrogens (tertiary/aromatic N) is 2. The van der Waals surface area contributed by atoms with Gasteiger partial charge in [-0.1, -0.05) is 36.4 Å². The Morgan fingerprint density at radius 3 is 2.72 bits per heavy atom. The van der Waals surface area contributed by atoms with E-state index in [0.717, 1.165) is 17.3 Å². The minimum atomic E-state index is -0.627. The number of hydrogen-bond donors (Lipinski definition) is 1. The van der Waals surface area contributed by atoms with Crippen LogP contribution in [0.15, 0.2) is 53.6 Å². The molecule has 2 aromatic rings. The molecule has 0 saturated heterocycles. The van der Waals surface area contributed by atoms with Gasteiger partial charge in [-0.25, -0.2) is 13.8 Å². The first-order chi connectivity index (χ1) is 12.0. The summed E-state index contributed by atoms with van der Waals surface area (Å²) < 4.78 is 26.7. The number of hydrogen-bond acceptors (Lipinski definition) is 3. The topological polar surface area (TPSA) is 44.7 Å². The van der Waals surface area contributed by atoms with E-state index in [1.807, 2.05) is 30.3 Å². The zero-order chi connectivity index (χ0) is 17.8.